The summed E-state index contributed by atoms with van der Waals surface area (Å²) in [6.45, 7) is 4.00. The highest BCUT2D eigenvalue weighted by molar-refractivity contribution is 7.85. The van der Waals surface area contributed by atoms with Crippen LogP contribution in [0.25, 0.3) is 27.9 Å². The topological polar surface area (TPSA) is 47.3 Å². The number of benzene rings is 1. The standard InChI is InChI=1S/C22H20FN3OS/c1-3-15(2)28(27)20-6-4-5-19-21(16-11-13-24-14-12-16)22(25-26(19)20)17-7-9-18(23)10-8-17/h4-15H,3H2,1-2H3. The maximum absolute atomic E-state index is 13.5. The highest BCUT2D eigenvalue weighted by atomic mass is 32.2. The van der Waals surface area contributed by atoms with Crippen LogP contribution < -0.4 is 0 Å². The molecule has 4 nitrogen and oxygen atoms in total. The van der Waals surface area contributed by atoms with Crippen LogP contribution in [-0.4, -0.2) is 24.1 Å². The first-order valence-corrected chi connectivity index (χ1v) is 10.4. The van der Waals surface area contributed by atoms with Crippen molar-refractivity contribution in [2.75, 3.05) is 0 Å². The Morgan fingerprint density at radius 3 is 2.43 bits per heavy atom. The van der Waals surface area contributed by atoms with Crippen LogP contribution in [-0.2, 0) is 10.8 Å². The van der Waals surface area contributed by atoms with E-state index in [-0.39, 0.29) is 11.1 Å². The molecule has 0 spiro atoms. The van der Waals surface area contributed by atoms with E-state index in [1.54, 1.807) is 29.0 Å². The lowest BCUT2D eigenvalue weighted by Crippen LogP contribution is -2.13. The van der Waals surface area contributed by atoms with Crippen LogP contribution in [0.2, 0.25) is 0 Å². The van der Waals surface area contributed by atoms with Crippen LogP contribution in [0.5, 0.6) is 0 Å². The van der Waals surface area contributed by atoms with Gasteiger partial charge in [-0.2, -0.15) is 5.10 Å². The summed E-state index contributed by atoms with van der Waals surface area (Å²) in [5.74, 6) is -0.295. The van der Waals surface area contributed by atoms with E-state index in [9.17, 15) is 8.60 Å². The van der Waals surface area contributed by atoms with Crippen molar-refractivity contribution >= 4 is 16.3 Å². The summed E-state index contributed by atoms with van der Waals surface area (Å²) in [6, 6.07) is 15.8. The van der Waals surface area contributed by atoms with Gasteiger partial charge < -0.3 is 0 Å². The van der Waals surface area contributed by atoms with E-state index >= 15 is 0 Å². The van der Waals surface area contributed by atoms with Gasteiger partial charge in [0, 0.05) is 28.8 Å². The number of nitrogens with zero attached hydrogens (tertiary/aromatic N) is 3. The Kier molecular flexibility index (Phi) is 5.05. The van der Waals surface area contributed by atoms with Crippen molar-refractivity contribution in [3.8, 4) is 22.4 Å². The lowest BCUT2D eigenvalue weighted by Gasteiger charge is -2.10. The molecule has 0 fully saturated rings. The molecule has 0 bridgehead atoms. The van der Waals surface area contributed by atoms with E-state index < -0.39 is 10.8 Å². The van der Waals surface area contributed by atoms with Crippen LogP contribution in [0, 0.1) is 5.82 Å². The number of rotatable bonds is 5. The van der Waals surface area contributed by atoms with Gasteiger partial charge in [-0.05, 0) is 60.5 Å². The molecule has 0 aliphatic carbocycles. The molecule has 6 heteroatoms. The van der Waals surface area contributed by atoms with Gasteiger partial charge in [0.05, 0.1) is 16.3 Å². The predicted molar refractivity (Wildman–Crippen MR) is 110 cm³/mol. The molecule has 142 valence electrons. The Morgan fingerprint density at radius 2 is 1.75 bits per heavy atom. The Bertz CT molecular complexity index is 1140. The molecule has 2 unspecified atom stereocenters. The quantitative estimate of drug-likeness (QED) is 0.473. The van der Waals surface area contributed by atoms with Gasteiger partial charge in [0.2, 0.25) is 0 Å². The summed E-state index contributed by atoms with van der Waals surface area (Å²) >= 11 is 0. The lowest BCUT2D eigenvalue weighted by molar-refractivity contribution is 0.628. The van der Waals surface area contributed by atoms with Crippen molar-refractivity contribution in [1.82, 2.24) is 14.6 Å². The van der Waals surface area contributed by atoms with Gasteiger partial charge >= 0.3 is 0 Å². The van der Waals surface area contributed by atoms with Gasteiger partial charge in [0.1, 0.15) is 16.5 Å². The molecule has 0 radical (unpaired) electrons. The monoisotopic (exact) mass is 393 g/mol. The molecule has 3 aromatic heterocycles. The van der Waals surface area contributed by atoms with Crippen molar-refractivity contribution < 1.29 is 8.60 Å². The Morgan fingerprint density at radius 1 is 1.04 bits per heavy atom. The van der Waals surface area contributed by atoms with Crippen molar-refractivity contribution in [2.45, 2.75) is 30.5 Å². The van der Waals surface area contributed by atoms with E-state index in [0.29, 0.717) is 5.03 Å². The molecule has 4 aromatic rings. The van der Waals surface area contributed by atoms with Gasteiger partial charge in [-0.1, -0.05) is 19.9 Å². The summed E-state index contributed by atoms with van der Waals surface area (Å²) in [7, 11) is -1.19. The predicted octanol–water partition coefficient (Wildman–Crippen LogP) is 5.11. The fraction of sp³-hybridized carbons (Fsp3) is 0.182. The first kappa shape index (κ1) is 18.5. The second kappa shape index (κ2) is 7.64. The molecule has 0 saturated carbocycles. The molecule has 4 rings (SSSR count). The summed E-state index contributed by atoms with van der Waals surface area (Å²) < 4.78 is 28.2. The largest absolute Gasteiger partial charge is 0.265 e. The number of aromatic nitrogens is 3. The van der Waals surface area contributed by atoms with Crippen LogP contribution in [0.3, 0.4) is 0 Å². The van der Waals surface area contributed by atoms with Crippen molar-refractivity contribution in [1.29, 1.82) is 0 Å². The Labute approximate surface area is 165 Å². The average Bonchev–Trinajstić information content (AvgIpc) is 3.13. The smallest absolute Gasteiger partial charge is 0.129 e. The van der Waals surface area contributed by atoms with E-state index in [1.165, 1.54) is 12.1 Å². The van der Waals surface area contributed by atoms with E-state index in [4.69, 9.17) is 5.10 Å². The third-order valence-corrected chi connectivity index (χ3v) is 6.64. The van der Waals surface area contributed by atoms with Crippen molar-refractivity contribution in [3.05, 3.63) is 72.8 Å². The molecule has 0 aliphatic rings. The minimum atomic E-state index is -1.19. The molecule has 0 N–H and O–H groups in total. The van der Waals surface area contributed by atoms with Gasteiger partial charge in [0.15, 0.2) is 0 Å². The zero-order valence-electron chi connectivity index (χ0n) is 15.7. The van der Waals surface area contributed by atoms with Crippen LogP contribution in [0.1, 0.15) is 20.3 Å². The fourth-order valence-corrected chi connectivity index (χ4v) is 4.41. The number of hydrogen-bond donors (Lipinski definition) is 0. The summed E-state index contributed by atoms with van der Waals surface area (Å²) in [5.41, 5.74) is 4.25. The maximum Gasteiger partial charge on any atom is 0.129 e. The summed E-state index contributed by atoms with van der Waals surface area (Å²) in [4.78, 5) is 4.10. The third kappa shape index (κ3) is 3.24. The van der Waals surface area contributed by atoms with E-state index in [1.807, 2.05) is 44.2 Å². The number of fused-ring (bicyclic) bond motifs is 1. The average molecular weight is 393 g/mol. The van der Waals surface area contributed by atoms with Gasteiger partial charge in [-0.25, -0.2) is 8.91 Å². The first-order valence-electron chi connectivity index (χ1n) is 9.18. The zero-order chi connectivity index (χ0) is 19.7. The Balaban J connectivity index is 2.02. The SMILES string of the molecule is CCC(C)S(=O)c1cccc2c(-c3ccncc3)c(-c3ccc(F)cc3)nn12. The molecule has 28 heavy (non-hydrogen) atoms. The number of halogens is 1. The first-order chi connectivity index (χ1) is 13.6. The van der Waals surface area contributed by atoms with Crippen molar-refractivity contribution in [2.24, 2.45) is 0 Å². The maximum atomic E-state index is 13.5. The molecule has 2 atom stereocenters. The molecular formula is C22H20FN3OS. The normalized spacial score (nSPS) is 13.5. The van der Waals surface area contributed by atoms with Gasteiger partial charge in [0.25, 0.3) is 0 Å². The highest BCUT2D eigenvalue weighted by Crippen LogP contribution is 2.36. The molecule has 0 aliphatic heterocycles. The summed E-state index contributed by atoms with van der Waals surface area (Å²) in [5, 5.41) is 5.49. The second-order valence-electron chi connectivity index (χ2n) is 6.64. The number of hydrogen-bond acceptors (Lipinski definition) is 3. The molecule has 1 aromatic carbocycles. The zero-order valence-corrected chi connectivity index (χ0v) is 16.5. The minimum Gasteiger partial charge on any atom is -0.265 e. The van der Waals surface area contributed by atoms with Gasteiger partial charge in [-0.3, -0.25) is 9.19 Å². The van der Waals surface area contributed by atoms with Crippen LogP contribution in [0.15, 0.2) is 72.0 Å². The minimum absolute atomic E-state index is 0.0217. The molecule has 0 saturated heterocycles. The van der Waals surface area contributed by atoms with Crippen molar-refractivity contribution in [3.63, 3.8) is 0 Å². The van der Waals surface area contributed by atoms with E-state index in [0.717, 1.165) is 34.3 Å². The highest BCUT2D eigenvalue weighted by Gasteiger charge is 2.21. The Hall–Kier alpha value is -2.86. The second-order valence-corrected chi connectivity index (χ2v) is 8.46. The van der Waals surface area contributed by atoms with Gasteiger partial charge in [-0.15, -0.1) is 0 Å². The van der Waals surface area contributed by atoms with Crippen LogP contribution in [0.4, 0.5) is 4.39 Å². The molecule has 0 amide bonds. The summed E-state index contributed by atoms with van der Waals surface area (Å²) in [6.07, 6.45) is 4.27. The van der Waals surface area contributed by atoms with E-state index in [2.05, 4.69) is 4.98 Å². The lowest BCUT2D eigenvalue weighted by atomic mass is 10.0. The third-order valence-electron chi connectivity index (χ3n) is 4.86. The fourth-order valence-electron chi connectivity index (χ4n) is 3.17. The molecular weight excluding hydrogens is 373 g/mol. The van der Waals surface area contributed by atoms with Crippen LogP contribution >= 0.6 is 0 Å². The molecule has 3 heterocycles. The number of pyridine rings is 2.